The highest BCUT2D eigenvalue weighted by molar-refractivity contribution is 5.73. The third-order valence-electron chi connectivity index (χ3n) is 3.93. The van der Waals surface area contributed by atoms with Gasteiger partial charge in [0.2, 0.25) is 6.79 Å². The zero-order valence-electron chi connectivity index (χ0n) is 14.0. The summed E-state index contributed by atoms with van der Waals surface area (Å²) in [5.41, 5.74) is 3.30. The van der Waals surface area contributed by atoms with E-state index in [0.29, 0.717) is 5.92 Å². The third-order valence-corrected chi connectivity index (χ3v) is 3.93. The molecule has 4 nitrogen and oxygen atoms in total. The maximum Gasteiger partial charge on any atom is 0.231 e. The molecule has 2 aromatic rings. The summed E-state index contributed by atoms with van der Waals surface area (Å²) in [5.74, 6) is 2.22. The maximum absolute atomic E-state index is 5.79. The molecule has 1 aliphatic rings. The Balaban J connectivity index is 1.91. The average molecular weight is 312 g/mol. The molecular weight excluding hydrogens is 288 g/mol. The molecule has 1 heterocycles. The summed E-state index contributed by atoms with van der Waals surface area (Å²) in [5, 5.41) is 3.51. The molecule has 2 aromatic carbocycles. The highest BCUT2D eigenvalue weighted by atomic mass is 16.7. The van der Waals surface area contributed by atoms with Crippen molar-refractivity contribution < 1.29 is 9.47 Å². The molecule has 122 valence electrons. The van der Waals surface area contributed by atoms with Gasteiger partial charge >= 0.3 is 0 Å². The Morgan fingerprint density at radius 1 is 1.04 bits per heavy atom. The van der Waals surface area contributed by atoms with Gasteiger partial charge in [-0.15, -0.1) is 0 Å². The molecule has 0 radical (unpaired) electrons. The highest BCUT2D eigenvalue weighted by Crippen LogP contribution is 2.37. The lowest BCUT2D eigenvalue weighted by Gasteiger charge is -2.24. The Labute approximate surface area is 138 Å². The van der Waals surface area contributed by atoms with Crippen molar-refractivity contribution >= 4 is 11.4 Å². The van der Waals surface area contributed by atoms with Crippen molar-refractivity contribution in [3.63, 3.8) is 0 Å². The molecule has 0 saturated heterocycles. The topological polar surface area (TPSA) is 33.7 Å². The predicted molar refractivity (Wildman–Crippen MR) is 93.7 cm³/mol. The van der Waals surface area contributed by atoms with Crippen molar-refractivity contribution in [2.45, 2.75) is 13.3 Å². The van der Waals surface area contributed by atoms with Gasteiger partial charge in [-0.25, -0.2) is 0 Å². The van der Waals surface area contributed by atoms with Crippen LogP contribution >= 0.6 is 0 Å². The van der Waals surface area contributed by atoms with Gasteiger partial charge in [0.05, 0.1) is 11.4 Å². The standard InChI is InChI=1S/C19H24N2O2/c1-14(12-21(2)3)11-15-7-6-10-18-19(15)20-16-8-4-5-9-17(16)22-13-23-18/h4-10,14,20H,11-13H2,1-3H3. The van der Waals surface area contributed by atoms with E-state index in [1.165, 1.54) is 5.56 Å². The summed E-state index contributed by atoms with van der Waals surface area (Å²) in [6, 6.07) is 14.2. The number of ether oxygens (including phenoxy) is 2. The number of benzene rings is 2. The van der Waals surface area contributed by atoms with Crippen LogP contribution < -0.4 is 14.8 Å². The van der Waals surface area contributed by atoms with Gasteiger partial charge in [0.15, 0.2) is 0 Å². The highest BCUT2D eigenvalue weighted by Gasteiger charge is 2.17. The maximum atomic E-state index is 5.79. The van der Waals surface area contributed by atoms with Crippen LogP contribution in [-0.2, 0) is 6.42 Å². The summed E-state index contributed by atoms with van der Waals surface area (Å²) in [7, 11) is 4.22. The Morgan fingerprint density at radius 3 is 2.61 bits per heavy atom. The number of rotatable bonds is 4. The van der Waals surface area contributed by atoms with E-state index < -0.39 is 0 Å². The van der Waals surface area contributed by atoms with Gasteiger partial charge in [0, 0.05) is 6.54 Å². The fourth-order valence-electron chi connectivity index (χ4n) is 3.06. The molecule has 1 N–H and O–H groups in total. The van der Waals surface area contributed by atoms with Gasteiger partial charge in [-0.2, -0.15) is 0 Å². The van der Waals surface area contributed by atoms with Crippen LogP contribution in [0.25, 0.3) is 0 Å². The quantitative estimate of drug-likeness (QED) is 0.928. The number of fused-ring (bicyclic) bond motifs is 2. The summed E-state index contributed by atoms with van der Waals surface area (Å²) in [6.07, 6.45) is 1.00. The van der Waals surface area contributed by atoms with Crippen LogP contribution in [0.1, 0.15) is 12.5 Å². The second kappa shape index (κ2) is 6.92. The van der Waals surface area contributed by atoms with Crippen molar-refractivity contribution in [1.29, 1.82) is 0 Å². The van der Waals surface area contributed by atoms with E-state index in [9.17, 15) is 0 Å². The van der Waals surface area contributed by atoms with Gasteiger partial charge in [-0.05, 0) is 50.2 Å². The normalized spacial score (nSPS) is 14.4. The van der Waals surface area contributed by atoms with E-state index in [4.69, 9.17) is 9.47 Å². The van der Waals surface area contributed by atoms with Gasteiger partial charge in [0.1, 0.15) is 11.5 Å². The fraction of sp³-hybridized carbons (Fsp3) is 0.368. The van der Waals surface area contributed by atoms with E-state index in [1.54, 1.807) is 0 Å². The van der Waals surface area contributed by atoms with Gasteiger partial charge < -0.3 is 19.7 Å². The smallest absolute Gasteiger partial charge is 0.231 e. The first-order chi connectivity index (χ1) is 11.1. The molecule has 0 bridgehead atoms. The lowest BCUT2D eigenvalue weighted by Crippen LogP contribution is -2.21. The lowest BCUT2D eigenvalue weighted by molar-refractivity contribution is 0.120. The van der Waals surface area contributed by atoms with Crippen LogP contribution in [0.15, 0.2) is 42.5 Å². The number of nitrogens with one attached hydrogen (secondary N) is 1. The number of nitrogens with zero attached hydrogens (tertiary/aromatic N) is 1. The number of hydrogen-bond donors (Lipinski definition) is 1. The lowest BCUT2D eigenvalue weighted by atomic mass is 9.98. The van der Waals surface area contributed by atoms with Crippen molar-refractivity contribution in [2.75, 3.05) is 32.7 Å². The Kier molecular flexibility index (Phi) is 4.72. The van der Waals surface area contributed by atoms with Crippen LogP contribution in [0.3, 0.4) is 0 Å². The number of para-hydroxylation sites is 3. The Bertz CT molecular complexity index is 670. The van der Waals surface area contributed by atoms with E-state index in [1.807, 2.05) is 36.4 Å². The van der Waals surface area contributed by atoms with Gasteiger partial charge in [0.25, 0.3) is 0 Å². The zero-order valence-corrected chi connectivity index (χ0v) is 14.0. The Morgan fingerprint density at radius 2 is 1.78 bits per heavy atom. The molecule has 0 fully saturated rings. The van der Waals surface area contributed by atoms with Crippen molar-refractivity contribution in [1.82, 2.24) is 4.90 Å². The predicted octanol–water partition coefficient (Wildman–Crippen LogP) is 3.90. The van der Waals surface area contributed by atoms with Crippen LogP contribution in [0.2, 0.25) is 0 Å². The van der Waals surface area contributed by atoms with E-state index in [2.05, 4.69) is 37.3 Å². The van der Waals surface area contributed by atoms with E-state index in [-0.39, 0.29) is 6.79 Å². The minimum absolute atomic E-state index is 0.225. The van der Waals surface area contributed by atoms with Crippen molar-refractivity contribution in [3.8, 4) is 11.5 Å². The van der Waals surface area contributed by atoms with Gasteiger partial charge in [-0.1, -0.05) is 31.2 Å². The first-order valence-electron chi connectivity index (χ1n) is 8.02. The molecule has 0 aromatic heterocycles. The minimum atomic E-state index is 0.225. The third kappa shape index (κ3) is 3.77. The minimum Gasteiger partial charge on any atom is -0.455 e. The molecule has 1 unspecified atom stereocenters. The fourth-order valence-corrected chi connectivity index (χ4v) is 3.06. The van der Waals surface area contributed by atoms with Gasteiger partial charge in [-0.3, -0.25) is 0 Å². The largest absolute Gasteiger partial charge is 0.455 e. The SMILES string of the molecule is CC(Cc1cccc2c1Nc1ccccc1OCO2)CN(C)C. The first-order valence-corrected chi connectivity index (χ1v) is 8.02. The van der Waals surface area contributed by atoms with E-state index in [0.717, 1.165) is 35.8 Å². The van der Waals surface area contributed by atoms with Crippen LogP contribution in [0.5, 0.6) is 11.5 Å². The van der Waals surface area contributed by atoms with Crippen LogP contribution in [0.4, 0.5) is 11.4 Å². The molecule has 0 saturated carbocycles. The molecule has 0 amide bonds. The van der Waals surface area contributed by atoms with Crippen LogP contribution in [-0.4, -0.2) is 32.3 Å². The first kappa shape index (κ1) is 15.7. The van der Waals surface area contributed by atoms with Crippen molar-refractivity contribution in [2.24, 2.45) is 5.92 Å². The molecular formula is C19H24N2O2. The molecule has 0 spiro atoms. The molecule has 1 atom stereocenters. The van der Waals surface area contributed by atoms with E-state index >= 15 is 0 Å². The number of hydrogen-bond acceptors (Lipinski definition) is 4. The summed E-state index contributed by atoms with van der Waals surface area (Å²) in [4.78, 5) is 2.23. The number of anilines is 2. The molecule has 3 rings (SSSR count). The Hall–Kier alpha value is -2.20. The summed E-state index contributed by atoms with van der Waals surface area (Å²) >= 11 is 0. The summed E-state index contributed by atoms with van der Waals surface area (Å²) < 4.78 is 11.5. The van der Waals surface area contributed by atoms with Crippen molar-refractivity contribution in [3.05, 3.63) is 48.0 Å². The second-order valence-corrected chi connectivity index (χ2v) is 6.39. The molecule has 0 aliphatic carbocycles. The molecule has 4 heteroatoms. The van der Waals surface area contributed by atoms with Crippen LogP contribution in [0, 0.1) is 5.92 Å². The zero-order chi connectivity index (χ0) is 16.2. The average Bonchev–Trinajstić information content (AvgIpc) is 2.48. The molecule has 23 heavy (non-hydrogen) atoms. The summed E-state index contributed by atoms with van der Waals surface area (Å²) in [6.45, 7) is 3.56. The second-order valence-electron chi connectivity index (χ2n) is 6.39. The monoisotopic (exact) mass is 312 g/mol. The molecule has 1 aliphatic heterocycles.